The van der Waals surface area contributed by atoms with Crippen LogP contribution >= 0.6 is 15.9 Å². The zero-order chi connectivity index (χ0) is 13.0. The molecule has 0 radical (unpaired) electrons. The van der Waals surface area contributed by atoms with Crippen molar-refractivity contribution in [2.24, 2.45) is 0 Å². The largest absolute Gasteiger partial charge is 0.450 e. The molecule has 0 fully saturated rings. The predicted octanol–water partition coefficient (Wildman–Crippen LogP) is 2.50. The van der Waals surface area contributed by atoms with Crippen LogP contribution in [0.4, 0.5) is 0 Å². The number of benzene rings is 1. The summed E-state index contributed by atoms with van der Waals surface area (Å²) in [7, 11) is 1.56. The summed E-state index contributed by atoms with van der Waals surface area (Å²) in [6, 6.07) is 7.25. The highest BCUT2D eigenvalue weighted by Gasteiger charge is 2.13. The molecule has 0 spiro atoms. The lowest BCUT2D eigenvalue weighted by atomic mass is 10.2. The number of carbonyl (C=O) groups excluding carboxylic acids is 1. The van der Waals surface area contributed by atoms with Gasteiger partial charge in [-0.25, -0.2) is 5.48 Å². The number of furan rings is 1. The minimum atomic E-state index is -0.422. The number of hydrogen-bond acceptors (Lipinski definition) is 4. The van der Waals surface area contributed by atoms with Crippen molar-refractivity contribution in [1.29, 1.82) is 0 Å². The molecule has 0 bridgehead atoms. The Morgan fingerprint density at radius 1 is 1.44 bits per heavy atom. The quantitative estimate of drug-likeness (QED) is 0.680. The SMILES string of the molecule is COCCONC(=O)c1cc2cccc(Br)c2o1. The van der Waals surface area contributed by atoms with Gasteiger partial charge in [0.15, 0.2) is 5.76 Å². The first-order chi connectivity index (χ1) is 8.72. The van der Waals surface area contributed by atoms with Gasteiger partial charge in [-0.05, 0) is 28.1 Å². The van der Waals surface area contributed by atoms with Gasteiger partial charge < -0.3 is 9.15 Å². The molecule has 0 aliphatic carbocycles. The number of hydroxylamine groups is 1. The Morgan fingerprint density at radius 3 is 3.00 bits per heavy atom. The van der Waals surface area contributed by atoms with Crippen LogP contribution in [0.25, 0.3) is 11.0 Å². The molecule has 0 unspecified atom stereocenters. The van der Waals surface area contributed by atoms with Crippen LogP contribution in [0.3, 0.4) is 0 Å². The summed E-state index contributed by atoms with van der Waals surface area (Å²) < 4.78 is 11.0. The van der Waals surface area contributed by atoms with Crippen LogP contribution in [0, 0.1) is 0 Å². The van der Waals surface area contributed by atoms with Gasteiger partial charge in [0.25, 0.3) is 0 Å². The topological polar surface area (TPSA) is 60.7 Å². The fourth-order valence-corrected chi connectivity index (χ4v) is 1.89. The number of para-hydroxylation sites is 1. The first-order valence-electron chi connectivity index (χ1n) is 5.31. The van der Waals surface area contributed by atoms with E-state index in [4.69, 9.17) is 14.0 Å². The highest BCUT2D eigenvalue weighted by molar-refractivity contribution is 9.10. The molecule has 1 aromatic carbocycles. The highest BCUT2D eigenvalue weighted by Crippen LogP contribution is 2.26. The summed E-state index contributed by atoms with van der Waals surface area (Å²) in [5.74, 6) is -0.219. The smallest absolute Gasteiger partial charge is 0.310 e. The van der Waals surface area contributed by atoms with E-state index < -0.39 is 5.91 Å². The summed E-state index contributed by atoms with van der Waals surface area (Å²) in [4.78, 5) is 16.6. The molecular formula is C12H12BrNO4. The van der Waals surface area contributed by atoms with Crippen molar-refractivity contribution in [2.75, 3.05) is 20.3 Å². The molecule has 0 aliphatic rings. The van der Waals surface area contributed by atoms with E-state index in [1.54, 1.807) is 13.2 Å². The lowest BCUT2D eigenvalue weighted by Gasteiger charge is -2.02. The standard InChI is InChI=1S/C12H12BrNO4/c1-16-5-6-17-14-12(15)10-7-8-3-2-4-9(13)11(8)18-10/h2-4,7H,5-6H2,1H3,(H,14,15). The summed E-state index contributed by atoms with van der Waals surface area (Å²) in [6.45, 7) is 0.693. The molecule has 0 saturated carbocycles. The first-order valence-corrected chi connectivity index (χ1v) is 6.11. The van der Waals surface area contributed by atoms with Gasteiger partial charge in [-0.1, -0.05) is 12.1 Å². The van der Waals surface area contributed by atoms with E-state index in [2.05, 4.69) is 21.4 Å². The van der Waals surface area contributed by atoms with Gasteiger partial charge in [0.2, 0.25) is 0 Å². The van der Waals surface area contributed by atoms with Crippen LogP contribution in [0.1, 0.15) is 10.6 Å². The average Bonchev–Trinajstić information content (AvgIpc) is 2.80. The van der Waals surface area contributed by atoms with Gasteiger partial charge in [-0.3, -0.25) is 9.63 Å². The molecule has 1 N–H and O–H groups in total. The normalized spacial score (nSPS) is 10.8. The van der Waals surface area contributed by atoms with Crippen molar-refractivity contribution in [3.63, 3.8) is 0 Å². The Kier molecular flexibility index (Phi) is 4.35. The van der Waals surface area contributed by atoms with Crippen LogP contribution in [0.5, 0.6) is 0 Å². The molecule has 1 heterocycles. The summed E-state index contributed by atoms with van der Waals surface area (Å²) >= 11 is 3.36. The van der Waals surface area contributed by atoms with E-state index in [0.29, 0.717) is 12.2 Å². The van der Waals surface area contributed by atoms with Crippen LogP contribution < -0.4 is 5.48 Å². The minimum absolute atomic E-state index is 0.203. The summed E-state index contributed by atoms with van der Waals surface area (Å²) in [6.07, 6.45) is 0. The van der Waals surface area contributed by atoms with Crippen molar-refractivity contribution in [3.8, 4) is 0 Å². The summed E-state index contributed by atoms with van der Waals surface area (Å²) in [5, 5.41) is 0.853. The zero-order valence-electron chi connectivity index (χ0n) is 9.73. The van der Waals surface area contributed by atoms with Gasteiger partial charge in [0.05, 0.1) is 17.7 Å². The van der Waals surface area contributed by atoms with Gasteiger partial charge >= 0.3 is 5.91 Å². The second kappa shape index (κ2) is 5.99. The predicted molar refractivity (Wildman–Crippen MR) is 69.2 cm³/mol. The second-order valence-electron chi connectivity index (χ2n) is 3.54. The lowest BCUT2D eigenvalue weighted by molar-refractivity contribution is 0.00743. The molecule has 1 aromatic heterocycles. The van der Waals surface area contributed by atoms with Gasteiger partial charge in [0.1, 0.15) is 5.58 Å². The Morgan fingerprint density at radius 2 is 2.28 bits per heavy atom. The lowest BCUT2D eigenvalue weighted by Crippen LogP contribution is -2.24. The number of ether oxygens (including phenoxy) is 1. The van der Waals surface area contributed by atoms with Crippen LogP contribution in [0.15, 0.2) is 33.2 Å². The number of hydrogen-bond donors (Lipinski definition) is 1. The van der Waals surface area contributed by atoms with Crippen molar-refractivity contribution >= 4 is 32.8 Å². The third-order valence-corrected chi connectivity index (χ3v) is 2.90. The second-order valence-corrected chi connectivity index (χ2v) is 4.40. The number of methoxy groups -OCH3 is 1. The van der Waals surface area contributed by atoms with Gasteiger partial charge in [-0.15, -0.1) is 0 Å². The van der Waals surface area contributed by atoms with Crippen molar-refractivity contribution in [1.82, 2.24) is 5.48 Å². The fourth-order valence-electron chi connectivity index (χ4n) is 1.43. The van der Waals surface area contributed by atoms with Crippen molar-refractivity contribution in [2.45, 2.75) is 0 Å². The molecule has 18 heavy (non-hydrogen) atoms. The Bertz CT molecular complexity index is 552. The van der Waals surface area contributed by atoms with Crippen LogP contribution in [0.2, 0.25) is 0 Å². The van der Waals surface area contributed by atoms with E-state index >= 15 is 0 Å². The number of halogens is 1. The highest BCUT2D eigenvalue weighted by atomic mass is 79.9. The van der Waals surface area contributed by atoms with E-state index in [0.717, 1.165) is 9.86 Å². The number of fused-ring (bicyclic) bond motifs is 1. The Balaban J connectivity index is 2.06. The molecule has 6 heteroatoms. The van der Waals surface area contributed by atoms with Gasteiger partial charge in [0, 0.05) is 12.5 Å². The number of carbonyl (C=O) groups is 1. The third kappa shape index (κ3) is 2.90. The van der Waals surface area contributed by atoms with E-state index in [-0.39, 0.29) is 12.4 Å². The summed E-state index contributed by atoms with van der Waals surface area (Å²) in [5.41, 5.74) is 2.92. The van der Waals surface area contributed by atoms with E-state index in [1.165, 1.54) is 0 Å². The van der Waals surface area contributed by atoms with Crippen LogP contribution in [-0.4, -0.2) is 26.2 Å². The van der Waals surface area contributed by atoms with Gasteiger partial charge in [-0.2, -0.15) is 0 Å². The molecule has 2 aromatic rings. The molecule has 2 rings (SSSR count). The van der Waals surface area contributed by atoms with E-state index in [1.807, 2.05) is 18.2 Å². The third-order valence-electron chi connectivity index (χ3n) is 2.27. The number of rotatable bonds is 5. The minimum Gasteiger partial charge on any atom is -0.450 e. The Hall–Kier alpha value is -1.37. The molecule has 1 amide bonds. The van der Waals surface area contributed by atoms with Crippen LogP contribution in [-0.2, 0) is 9.57 Å². The molecule has 5 nitrogen and oxygen atoms in total. The molecule has 0 saturated heterocycles. The molecule has 0 aliphatic heterocycles. The zero-order valence-corrected chi connectivity index (χ0v) is 11.3. The fraction of sp³-hybridized carbons (Fsp3) is 0.250. The maximum atomic E-state index is 11.7. The molecule has 96 valence electrons. The average molecular weight is 314 g/mol. The molecule has 0 atom stereocenters. The monoisotopic (exact) mass is 313 g/mol. The molecular weight excluding hydrogens is 302 g/mol. The number of amides is 1. The number of nitrogens with one attached hydrogen (secondary N) is 1. The maximum absolute atomic E-state index is 11.7. The van der Waals surface area contributed by atoms with E-state index in [9.17, 15) is 4.79 Å². The maximum Gasteiger partial charge on any atom is 0.310 e. The Labute approximate surface area is 112 Å². The first kappa shape index (κ1) is 13.1. The van der Waals surface area contributed by atoms with Crippen molar-refractivity contribution < 1.29 is 18.8 Å². The van der Waals surface area contributed by atoms with Crippen molar-refractivity contribution in [3.05, 3.63) is 34.5 Å².